The van der Waals surface area contributed by atoms with E-state index in [2.05, 4.69) is 0 Å². The topological polar surface area (TPSA) is 40.5 Å². The molecule has 3 nitrogen and oxygen atoms in total. The van der Waals surface area contributed by atoms with Crippen LogP contribution in [-0.2, 0) is 4.79 Å². The number of piperidine rings is 1. The minimum Gasteiger partial charge on any atom is -0.389 e. The smallest absolute Gasteiger partial charge is 0.209 e. The lowest BCUT2D eigenvalue weighted by Gasteiger charge is -2.44. The van der Waals surface area contributed by atoms with Crippen molar-refractivity contribution in [3.8, 4) is 0 Å². The molecule has 0 aromatic carbocycles. The minimum absolute atomic E-state index is 0.159. The number of likely N-dealkylation sites (tertiary alicyclic amines) is 1. The van der Waals surface area contributed by atoms with Crippen molar-refractivity contribution >= 4 is 6.41 Å². The number of rotatable bonds is 1. The Labute approximate surface area is 73.4 Å². The molecule has 12 heavy (non-hydrogen) atoms. The van der Waals surface area contributed by atoms with Gasteiger partial charge in [0.2, 0.25) is 6.41 Å². The van der Waals surface area contributed by atoms with Gasteiger partial charge in [0.05, 0.1) is 5.60 Å². The molecule has 1 rings (SSSR count). The second-order valence-corrected chi connectivity index (χ2v) is 4.09. The van der Waals surface area contributed by atoms with Gasteiger partial charge < -0.3 is 10.0 Å². The summed E-state index contributed by atoms with van der Waals surface area (Å²) in [6.45, 7) is 7.14. The zero-order valence-electron chi connectivity index (χ0n) is 7.95. The zero-order chi connectivity index (χ0) is 9.35. The van der Waals surface area contributed by atoms with Crippen molar-refractivity contribution in [2.45, 2.75) is 26.4 Å². The van der Waals surface area contributed by atoms with Gasteiger partial charge in [-0.05, 0) is 6.92 Å². The molecule has 1 saturated heterocycles. The molecule has 0 aromatic rings. The first-order valence-corrected chi connectivity index (χ1v) is 4.40. The molecule has 70 valence electrons. The van der Waals surface area contributed by atoms with Gasteiger partial charge in [-0.1, -0.05) is 13.8 Å². The van der Waals surface area contributed by atoms with E-state index in [1.54, 1.807) is 4.90 Å². The standard InChI is InChI=1S/C9H17NO2/c1-7-4-10(6-11)5-8(2)9(7,3)12/h6-8,12H,4-5H2,1-3H3/t7-,8+,9?. The van der Waals surface area contributed by atoms with Crippen LogP contribution < -0.4 is 0 Å². The fourth-order valence-electron chi connectivity index (χ4n) is 1.72. The van der Waals surface area contributed by atoms with Gasteiger partial charge in [0.1, 0.15) is 0 Å². The van der Waals surface area contributed by atoms with Gasteiger partial charge in [-0.2, -0.15) is 0 Å². The molecule has 0 aliphatic carbocycles. The predicted molar refractivity (Wildman–Crippen MR) is 46.6 cm³/mol. The maximum Gasteiger partial charge on any atom is 0.209 e. The Morgan fingerprint density at radius 1 is 1.42 bits per heavy atom. The van der Waals surface area contributed by atoms with Gasteiger partial charge in [-0.25, -0.2) is 0 Å². The number of hydrogen-bond donors (Lipinski definition) is 1. The molecule has 1 fully saturated rings. The van der Waals surface area contributed by atoms with E-state index in [-0.39, 0.29) is 11.8 Å². The summed E-state index contributed by atoms with van der Waals surface area (Å²) in [6.07, 6.45) is 0.863. The van der Waals surface area contributed by atoms with Crippen LogP contribution in [0.5, 0.6) is 0 Å². The number of carbonyl (C=O) groups excluding carboxylic acids is 1. The highest BCUT2D eigenvalue weighted by Crippen LogP contribution is 2.31. The third-order valence-corrected chi connectivity index (χ3v) is 3.16. The van der Waals surface area contributed by atoms with Gasteiger partial charge in [-0.15, -0.1) is 0 Å². The highest BCUT2D eigenvalue weighted by Gasteiger charge is 2.39. The maximum absolute atomic E-state index is 10.5. The van der Waals surface area contributed by atoms with Gasteiger partial charge in [0.25, 0.3) is 0 Å². The summed E-state index contributed by atoms with van der Waals surface area (Å²) in [5, 5.41) is 9.98. The highest BCUT2D eigenvalue weighted by molar-refractivity contribution is 5.47. The first kappa shape index (κ1) is 9.52. The second kappa shape index (κ2) is 3.05. The molecule has 0 saturated carbocycles. The lowest BCUT2D eigenvalue weighted by molar-refractivity contribution is -0.131. The van der Waals surface area contributed by atoms with Crippen molar-refractivity contribution in [3.05, 3.63) is 0 Å². The molecule has 1 N–H and O–H groups in total. The van der Waals surface area contributed by atoms with E-state index in [9.17, 15) is 9.90 Å². The van der Waals surface area contributed by atoms with Crippen LogP contribution in [0.25, 0.3) is 0 Å². The van der Waals surface area contributed by atoms with Crippen LogP contribution in [0.3, 0.4) is 0 Å². The Balaban J connectivity index is 2.70. The number of carbonyl (C=O) groups is 1. The van der Waals surface area contributed by atoms with Gasteiger partial charge in [0, 0.05) is 24.9 Å². The Kier molecular flexibility index (Phi) is 2.42. The molecule has 1 heterocycles. The predicted octanol–water partition coefficient (Wildman–Crippen LogP) is 0.482. The Morgan fingerprint density at radius 3 is 2.17 bits per heavy atom. The van der Waals surface area contributed by atoms with E-state index < -0.39 is 5.60 Å². The third-order valence-electron chi connectivity index (χ3n) is 3.16. The summed E-state index contributed by atoms with van der Waals surface area (Å²) >= 11 is 0. The molecule has 1 unspecified atom stereocenters. The van der Waals surface area contributed by atoms with Crippen molar-refractivity contribution in [2.24, 2.45) is 11.8 Å². The van der Waals surface area contributed by atoms with E-state index in [1.165, 1.54) is 0 Å². The molecule has 1 aliphatic rings. The lowest BCUT2D eigenvalue weighted by atomic mass is 9.77. The molecule has 3 atom stereocenters. The zero-order valence-corrected chi connectivity index (χ0v) is 7.95. The average molecular weight is 171 g/mol. The molecule has 1 aliphatic heterocycles. The van der Waals surface area contributed by atoms with Crippen molar-refractivity contribution in [2.75, 3.05) is 13.1 Å². The van der Waals surface area contributed by atoms with E-state index in [4.69, 9.17) is 0 Å². The van der Waals surface area contributed by atoms with Crippen molar-refractivity contribution in [1.82, 2.24) is 4.90 Å². The maximum atomic E-state index is 10.5. The Bertz CT molecular complexity index is 165. The Hall–Kier alpha value is -0.570. The quantitative estimate of drug-likeness (QED) is 0.583. The number of aliphatic hydroxyl groups is 1. The van der Waals surface area contributed by atoms with E-state index in [0.717, 1.165) is 6.41 Å². The summed E-state index contributed by atoms with van der Waals surface area (Å²) in [5.74, 6) is 0.317. The normalized spacial score (nSPS) is 42.8. The van der Waals surface area contributed by atoms with Crippen LogP contribution in [-0.4, -0.2) is 35.1 Å². The first-order chi connectivity index (χ1) is 5.48. The van der Waals surface area contributed by atoms with Crippen LogP contribution in [0.15, 0.2) is 0 Å². The fourth-order valence-corrected chi connectivity index (χ4v) is 1.72. The summed E-state index contributed by atoms with van der Waals surface area (Å²) in [4.78, 5) is 12.2. The van der Waals surface area contributed by atoms with Crippen LogP contribution in [0, 0.1) is 11.8 Å². The van der Waals surface area contributed by atoms with E-state index in [0.29, 0.717) is 13.1 Å². The molecule has 1 amide bonds. The second-order valence-electron chi connectivity index (χ2n) is 4.09. The molecule has 0 aromatic heterocycles. The molecule has 0 bridgehead atoms. The number of nitrogens with zero attached hydrogens (tertiary/aromatic N) is 1. The fraction of sp³-hybridized carbons (Fsp3) is 0.889. The van der Waals surface area contributed by atoms with E-state index in [1.807, 2.05) is 20.8 Å². The molecular formula is C9H17NO2. The van der Waals surface area contributed by atoms with Gasteiger partial charge in [-0.3, -0.25) is 4.79 Å². The highest BCUT2D eigenvalue weighted by atomic mass is 16.3. The molecule has 0 spiro atoms. The summed E-state index contributed by atoms with van der Waals surface area (Å²) in [5.41, 5.74) is -0.625. The van der Waals surface area contributed by atoms with Crippen LogP contribution >= 0.6 is 0 Å². The van der Waals surface area contributed by atoms with Crippen molar-refractivity contribution in [1.29, 1.82) is 0 Å². The number of hydrogen-bond acceptors (Lipinski definition) is 2. The summed E-state index contributed by atoms with van der Waals surface area (Å²) in [7, 11) is 0. The minimum atomic E-state index is -0.625. The largest absolute Gasteiger partial charge is 0.389 e. The first-order valence-electron chi connectivity index (χ1n) is 4.40. The monoisotopic (exact) mass is 171 g/mol. The van der Waals surface area contributed by atoms with Gasteiger partial charge in [0.15, 0.2) is 0 Å². The van der Waals surface area contributed by atoms with Crippen molar-refractivity contribution < 1.29 is 9.90 Å². The summed E-state index contributed by atoms with van der Waals surface area (Å²) in [6, 6.07) is 0. The Morgan fingerprint density at radius 2 is 1.83 bits per heavy atom. The van der Waals surface area contributed by atoms with Crippen LogP contribution in [0.2, 0.25) is 0 Å². The third kappa shape index (κ3) is 1.46. The summed E-state index contributed by atoms with van der Waals surface area (Å²) < 4.78 is 0. The van der Waals surface area contributed by atoms with E-state index >= 15 is 0 Å². The van der Waals surface area contributed by atoms with Crippen molar-refractivity contribution in [3.63, 3.8) is 0 Å². The molecular weight excluding hydrogens is 154 g/mol. The molecule has 3 heteroatoms. The lowest BCUT2D eigenvalue weighted by Crippen LogP contribution is -2.54. The van der Waals surface area contributed by atoms with Crippen LogP contribution in [0.4, 0.5) is 0 Å². The molecule has 0 radical (unpaired) electrons. The SMILES string of the molecule is C[C@@H]1CN(C=O)C[C@H](C)C1(C)O. The average Bonchev–Trinajstić information content (AvgIpc) is 2.00. The number of amides is 1. The van der Waals surface area contributed by atoms with Crippen LogP contribution in [0.1, 0.15) is 20.8 Å². The van der Waals surface area contributed by atoms with Gasteiger partial charge >= 0.3 is 0 Å².